The van der Waals surface area contributed by atoms with Gasteiger partial charge in [0.25, 0.3) is 0 Å². The maximum Gasteiger partial charge on any atom is 0.128 e. The lowest BCUT2D eigenvalue weighted by Crippen LogP contribution is -2.20. The maximum absolute atomic E-state index is 14.0. The van der Waals surface area contributed by atoms with E-state index >= 15 is 0 Å². The largest absolute Gasteiger partial charge is 0.496 e. The van der Waals surface area contributed by atoms with E-state index in [-0.39, 0.29) is 11.9 Å². The van der Waals surface area contributed by atoms with Gasteiger partial charge in [0.05, 0.1) is 7.11 Å². The molecule has 0 radical (unpaired) electrons. The van der Waals surface area contributed by atoms with E-state index in [1.165, 1.54) is 6.07 Å². The lowest BCUT2D eigenvalue weighted by Gasteiger charge is -2.19. The van der Waals surface area contributed by atoms with Crippen molar-refractivity contribution >= 4 is 0 Å². The van der Waals surface area contributed by atoms with Gasteiger partial charge in [-0.3, -0.25) is 0 Å². The predicted octanol–water partition coefficient (Wildman–Crippen LogP) is 3.65. The van der Waals surface area contributed by atoms with Crippen molar-refractivity contribution < 1.29 is 9.13 Å². The molecule has 106 valence electrons. The van der Waals surface area contributed by atoms with Crippen LogP contribution in [0, 0.1) is 12.7 Å². The van der Waals surface area contributed by atoms with E-state index < -0.39 is 0 Å². The average molecular weight is 273 g/mol. The number of rotatable bonds is 5. The molecule has 0 aromatic heterocycles. The molecule has 2 nitrogen and oxygen atoms in total. The van der Waals surface area contributed by atoms with Gasteiger partial charge in [0, 0.05) is 11.6 Å². The first-order valence-corrected chi connectivity index (χ1v) is 6.71. The Morgan fingerprint density at radius 2 is 1.95 bits per heavy atom. The van der Waals surface area contributed by atoms with Crippen LogP contribution < -0.4 is 10.1 Å². The molecule has 2 aromatic carbocycles. The van der Waals surface area contributed by atoms with Gasteiger partial charge in [-0.2, -0.15) is 0 Å². The molecule has 0 aliphatic heterocycles. The van der Waals surface area contributed by atoms with Crippen LogP contribution in [0.2, 0.25) is 0 Å². The number of benzene rings is 2. The summed E-state index contributed by atoms with van der Waals surface area (Å²) < 4.78 is 19.4. The van der Waals surface area contributed by atoms with E-state index in [1.807, 2.05) is 44.3 Å². The summed E-state index contributed by atoms with van der Waals surface area (Å²) in [5.74, 6) is 0.658. The molecule has 0 heterocycles. The van der Waals surface area contributed by atoms with Crippen molar-refractivity contribution in [3.05, 3.63) is 65.0 Å². The molecule has 0 spiro atoms. The Bertz CT molecular complexity index is 583. The molecule has 0 saturated carbocycles. The van der Waals surface area contributed by atoms with Gasteiger partial charge in [-0.15, -0.1) is 0 Å². The second kappa shape index (κ2) is 6.53. The summed E-state index contributed by atoms with van der Waals surface area (Å²) in [4.78, 5) is 0. The molecule has 1 unspecified atom stereocenters. The summed E-state index contributed by atoms with van der Waals surface area (Å²) >= 11 is 0. The fourth-order valence-electron chi connectivity index (χ4n) is 2.39. The van der Waals surface area contributed by atoms with E-state index in [2.05, 4.69) is 5.32 Å². The quantitative estimate of drug-likeness (QED) is 0.898. The minimum atomic E-state index is -0.176. The summed E-state index contributed by atoms with van der Waals surface area (Å²) in [7, 11) is 3.50. The van der Waals surface area contributed by atoms with Gasteiger partial charge in [0.1, 0.15) is 11.6 Å². The highest BCUT2D eigenvalue weighted by Gasteiger charge is 2.16. The molecule has 0 aliphatic rings. The summed E-state index contributed by atoms with van der Waals surface area (Å²) in [6.07, 6.45) is 0.681. The fourth-order valence-corrected chi connectivity index (χ4v) is 2.39. The molecule has 0 aliphatic carbocycles. The molecule has 0 saturated heterocycles. The van der Waals surface area contributed by atoms with Gasteiger partial charge in [0.15, 0.2) is 0 Å². The molecule has 2 aromatic rings. The SMILES string of the molecule is CNC(Cc1ccccc1OC)c1cc(C)ccc1F. The van der Waals surface area contributed by atoms with Gasteiger partial charge in [-0.1, -0.05) is 35.9 Å². The van der Waals surface area contributed by atoms with Gasteiger partial charge >= 0.3 is 0 Å². The van der Waals surface area contributed by atoms with Crippen molar-refractivity contribution in [2.24, 2.45) is 0 Å². The van der Waals surface area contributed by atoms with E-state index in [0.717, 1.165) is 16.9 Å². The lowest BCUT2D eigenvalue weighted by atomic mass is 9.96. The number of para-hydroxylation sites is 1. The zero-order valence-electron chi connectivity index (χ0n) is 12.1. The van der Waals surface area contributed by atoms with E-state index in [0.29, 0.717) is 12.0 Å². The Balaban J connectivity index is 2.31. The van der Waals surface area contributed by atoms with Gasteiger partial charge in [0.2, 0.25) is 0 Å². The Kier molecular flexibility index (Phi) is 4.74. The molecule has 1 atom stereocenters. The standard InChI is InChI=1S/C17H20FNO/c1-12-8-9-15(18)14(10-12)16(19-2)11-13-6-4-5-7-17(13)20-3/h4-10,16,19H,11H2,1-3H3. The Hall–Kier alpha value is -1.87. The number of nitrogens with one attached hydrogen (secondary N) is 1. The summed E-state index contributed by atoms with van der Waals surface area (Å²) in [5, 5.41) is 3.19. The number of likely N-dealkylation sites (N-methyl/N-ethyl adjacent to an activating group) is 1. The second-order valence-electron chi connectivity index (χ2n) is 4.88. The number of aryl methyl sites for hydroxylation is 1. The van der Waals surface area contributed by atoms with Gasteiger partial charge in [-0.05, 0) is 38.1 Å². The summed E-state index contributed by atoms with van der Waals surface area (Å²) in [6, 6.07) is 13.0. The van der Waals surface area contributed by atoms with Crippen molar-refractivity contribution in [1.29, 1.82) is 0 Å². The van der Waals surface area contributed by atoms with Crippen molar-refractivity contribution in [2.45, 2.75) is 19.4 Å². The summed E-state index contributed by atoms with van der Waals surface area (Å²) in [5.41, 5.74) is 2.82. The van der Waals surface area contributed by atoms with E-state index in [1.54, 1.807) is 13.2 Å². The minimum Gasteiger partial charge on any atom is -0.496 e. The van der Waals surface area contributed by atoms with Crippen LogP contribution in [0.3, 0.4) is 0 Å². The van der Waals surface area contributed by atoms with Crippen molar-refractivity contribution in [3.8, 4) is 5.75 Å². The number of halogens is 1. The maximum atomic E-state index is 14.0. The second-order valence-corrected chi connectivity index (χ2v) is 4.88. The van der Waals surface area contributed by atoms with Crippen LogP contribution in [0.4, 0.5) is 4.39 Å². The Labute approximate surface area is 119 Å². The molecule has 2 rings (SSSR count). The van der Waals surface area contributed by atoms with Crippen molar-refractivity contribution in [3.63, 3.8) is 0 Å². The van der Waals surface area contributed by atoms with Crippen LogP contribution in [0.5, 0.6) is 5.75 Å². The lowest BCUT2D eigenvalue weighted by molar-refractivity contribution is 0.406. The first-order valence-electron chi connectivity index (χ1n) is 6.71. The number of methoxy groups -OCH3 is 1. The molecule has 0 bridgehead atoms. The Morgan fingerprint density at radius 3 is 2.65 bits per heavy atom. The molecule has 20 heavy (non-hydrogen) atoms. The average Bonchev–Trinajstić information content (AvgIpc) is 2.48. The smallest absolute Gasteiger partial charge is 0.128 e. The summed E-state index contributed by atoms with van der Waals surface area (Å²) in [6.45, 7) is 1.97. The van der Waals surface area contributed by atoms with Crippen molar-refractivity contribution in [2.75, 3.05) is 14.2 Å². The van der Waals surface area contributed by atoms with Crippen LogP contribution in [0.25, 0.3) is 0 Å². The van der Waals surface area contributed by atoms with Crippen LogP contribution in [-0.4, -0.2) is 14.2 Å². The molecule has 0 fully saturated rings. The van der Waals surface area contributed by atoms with E-state index in [9.17, 15) is 4.39 Å². The minimum absolute atomic E-state index is 0.0776. The Morgan fingerprint density at radius 1 is 1.20 bits per heavy atom. The number of hydrogen-bond acceptors (Lipinski definition) is 2. The van der Waals surface area contributed by atoms with Crippen LogP contribution in [0.15, 0.2) is 42.5 Å². The zero-order chi connectivity index (χ0) is 14.5. The monoisotopic (exact) mass is 273 g/mol. The number of hydrogen-bond donors (Lipinski definition) is 1. The first-order chi connectivity index (χ1) is 9.65. The van der Waals surface area contributed by atoms with Crippen LogP contribution >= 0.6 is 0 Å². The topological polar surface area (TPSA) is 21.3 Å². The molecule has 3 heteroatoms. The number of ether oxygens (including phenoxy) is 1. The van der Waals surface area contributed by atoms with Crippen LogP contribution in [-0.2, 0) is 6.42 Å². The zero-order valence-corrected chi connectivity index (χ0v) is 12.1. The van der Waals surface area contributed by atoms with Crippen molar-refractivity contribution in [1.82, 2.24) is 5.32 Å². The third-order valence-electron chi connectivity index (χ3n) is 3.49. The molecule has 1 N–H and O–H groups in total. The first kappa shape index (κ1) is 14.5. The predicted molar refractivity (Wildman–Crippen MR) is 79.6 cm³/mol. The molecule has 0 amide bonds. The third kappa shape index (κ3) is 3.17. The normalized spacial score (nSPS) is 12.2. The van der Waals surface area contributed by atoms with Gasteiger partial charge in [-0.25, -0.2) is 4.39 Å². The van der Waals surface area contributed by atoms with Gasteiger partial charge < -0.3 is 10.1 Å². The molecular weight excluding hydrogens is 253 g/mol. The van der Waals surface area contributed by atoms with E-state index in [4.69, 9.17) is 4.74 Å². The highest BCUT2D eigenvalue weighted by molar-refractivity contribution is 5.36. The molecular formula is C17H20FNO. The fraction of sp³-hybridized carbons (Fsp3) is 0.294. The highest BCUT2D eigenvalue weighted by Crippen LogP contribution is 2.26. The third-order valence-corrected chi connectivity index (χ3v) is 3.49. The highest BCUT2D eigenvalue weighted by atomic mass is 19.1. The van der Waals surface area contributed by atoms with Crippen LogP contribution in [0.1, 0.15) is 22.7 Å².